The first-order valence-corrected chi connectivity index (χ1v) is 4.49. The van der Waals surface area contributed by atoms with E-state index in [0.717, 1.165) is 23.8 Å². The third-order valence-electron chi connectivity index (χ3n) is 2.15. The van der Waals surface area contributed by atoms with E-state index in [4.69, 9.17) is 0 Å². The highest BCUT2D eigenvalue weighted by molar-refractivity contribution is 5.98. The van der Waals surface area contributed by atoms with Crippen LogP contribution in [0.25, 0.3) is 0 Å². The van der Waals surface area contributed by atoms with Crippen LogP contribution in [0, 0.1) is 6.92 Å². The fourth-order valence-electron chi connectivity index (χ4n) is 1.54. The second kappa shape index (κ2) is 2.87. The third kappa shape index (κ3) is 1.43. The van der Waals surface area contributed by atoms with Gasteiger partial charge in [-0.1, -0.05) is 0 Å². The molecule has 0 amide bonds. The van der Waals surface area contributed by atoms with Crippen molar-refractivity contribution in [1.82, 2.24) is 15.1 Å². The summed E-state index contributed by atoms with van der Waals surface area (Å²) in [5.74, 6) is 0.968. The maximum Gasteiger partial charge on any atom is 0.147 e. The maximum atomic E-state index is 4.41. The van der Waals surface area contributed by atoms with E-state index in [1.165, 1.54) is 0 Å². The van der Waals surface area contributed by atoms with Crippen molar-refractivity contribution < 1.29 is 0 Å². The highest BCUT2D eigenvalue weighted by atomic mass is 15.3. The molecule has 2 rings (SSSR count). The number of nitrogens with zero attached hydrogens (tertiary/aromatic N) is 3. The normalized spacial score (nSPS) is 21.5. The Morgan fingerprint density at radius 3 is 2.85 bits per heavy atom. The number of aliphatic imine (C=N–C) groups is 1. The molecule has 1 atom stereocenters. The van der Waals surface area contributed by atoms with Gasteiger partial charge in [0.25, 0.3) is 0 Å². The van der Waals surface area contributed by atoms with Gasteiger partial charge in [0.15, 0.2) is 0 Å². The highest BCUT2D eigenvalue weighted by Crippen LogP contribution is 2.06. The molecule has 0 aliphatic carbocycles. The number of amidine groups is 1. The molecule has 0 saturated heterocycles. The van der Waals surface area contributed by atoms with Gasteiger partial charge < -0.3 is 5.32 Å². The first-order valence-electron chi connectivity index (χ1n) is 4.49. The van der Waals surface area contributed by atoms with Crippen LogP contribution in [0.2, 0.25) is 0 Å². The number of nitrogens with one attached hydrogen (secondary N) is 1. The molecule has 1 aliphatic rings. The summed E-state index contributed by atoms with van der Waals surface area (Å²) in [6, 6.07) is 2.49. The van der Waals surface area contributed by atoms with E-state index in [0.29, 0.717) is 6.04 Å². The zero-order chi connectivity index (χ0) is 9.42. The summed E-state index contributed by atoms with van der Waals surface area (Å²) in [5, 5.41) is 7.59. The van der Waals surface area contributed by atoms with E-state index < -0.39 is 0 Å². The zero-order valence-electron chi connectivity index (χ0n) is 8.20. The molecule has 0 saturated carbocycles. The highest BCUT2D eigenvalue weighted by Gasteiger charge is 2.17. The summed E-state index contributed by atoms with van der Waals surface area (Å²) in [4.78, 5) is 4.41. The molecule has 13 heavy (non-hydrogen) atoms. The summed E-state index contributed by atoms with van der Waals surface area (Å²) in [6.45, 7) is 4.97. The topological polar surface area (TPSA) is 42.2 Å². The quantitative estimate of drug-likeness (QED) is 0.679. The van der Waals surface area contributed by atoms with Gasteiger partial charge >= 0.3 is 0 Å². The monoisotopic (exact) mass is 178 g/mol. The van der Waals surface area contributed by atoms with Crippen molar-refractivity contribution >= 4 is 5.84 Å². The standard InChI is InChI=1S/C9H14N4/c1-6-4-8(13(3)12-6)9-10-5-7(2)11-9/h4,7H,5H2,1-3H3,(H,10,11). The van der Waals surface area contributed by atoms with Gasteiger partial charge in [0.1, 0.15) is 11.5 Å². The van der Waals surface area contributed by atoms with E-state index in [1.54, 1.807) is 0 Å². The maximum absolute atomic E-state index is 4.41. The minimum Gasteiger partial charge on any atom is -0.364 e. The van der Waals surface area contributed by atoms with Gasteiger partial charge in [-0.3, -0.25) is 9.67 Å². The molecule has 4 heteroatoms. The van der Waals surface area contributed by atoms with Crippen molar-refractivity contribution in [2.24, 2.45) is 12.0 Å². The van der Waals surface area contributed by atoms with Crippen molar-refractivity contribution in [1.29, 1.82) is 0 Å². The minimum absolute atomic E-state index is 0.449. The van der Waals surface area contributed by atoms with Crippen LogP contribution in [0.15, 0.2) is 11.1 Å². The van der Waals surface area contributed by atoms with Crippen LogP contribution in [-0.4, -0.2) is 28.2 Å². The van der Waals surface area contributed by atoms with E-state index in [1.807, 2.05) is 24.7 Å². The molecule has 1 unspecified atom stereocenters. The van der Waals surface area contributed by atoms with Gasteiger partial charge in [-0.25, -0.2) is 0 Å². The number of rotatable bonds is 1. The van der Waals surface area contributed by atoms with Crippen molar-refractivity contribution in [3.63, 3.8) is 0 Å². The van der Waals surface area contributed by atoms with Crippen molar-refractivity contribution in [2.75, 3.05) is 6.54 Å². The molecule has 4 nitrogen and oxygen atoms in total. The average Bonchev–Trinajstić information content (AvgIpc) is 2.58. The Bertz CT molecular complexity index is 350. The van der Waals surface area contributed by atoms with Gasteiger partial charge in [-0.05, 0) is 19.9 Å². The van der Waals surface area contributed by atoms with Crippen LogP contribution < -0.4 is 5.32 Å². The molecule has 1 aromatic heterocycles. The number of hydrogen-bond donors (Lipinski definition) is 1. The van der Waals surface area contributed by atoms with Crippen LogP contribution in [0.5, 0.6) is 0 Å². The second-order valence-electron chi connectivity index (χ2n) is 3.53. The predicted molar refractivity (Wildman–Crippen MR) is 51.9 cm³/mol. The molecule has 2 heterocycles. The first-order chi connectivity index (χ1) is 6.16. The Balaban J connectivity index is 2.31. The Morgan fingerprint density at radius 1 is 1.62 bits per heavy atom. The van der Waals surface area contributed by atoms with Gasteiger partial charge in [0.2, 0.25) is 0 Å². The van der Waals surface area contributed by atoms with Gasteiger partial charge in [0, 0.05) is 13.1 Å². The lowest BCUT2D eigenvalue weighted by Gasteiger charge is -2.05. The van der Waals surface area contributed by atoms with Gasteiger partial charge in [-0.15, -0.1) is 0 Å². The molecular weight excluding hydrogens is 164 g/mol. The van der Waals surface area contributed by atoms with Gasteiger partial charge in [0.05, 0.1) is 12.2 Å². The Morgan fingerprint density at radius 2 is 2.38 bits per heavy atom. The second-order valence-corrected chi connectivity index (χ2v) is 3.53. The van der Waals surface area contributed by atoms with Crippen LogP contribution in [0.3, 0.4) is 0 Å². The molecule has 1 aliphatic heterocycles. The van der Waals surface area contributed by atoms with Crippen LogP contribution in [0.4, 0.5) is 0 Å². The average molecular weight is 178 g/mol. The van der Waals surface area contributed by atoms with E-state index in [-0.39, 0.29) is 0 Å². The molecule has 1 N–H and O–H groups in total. The van der Waals surface area contributed by atoms with Crippen molar-refractivity contribution in [3.8, 4) is 0 Å². The summed E-state index contributed by atoms with van der Waals surface area (Å²) in [7, 11) is 1.94. The lowest BCUT2D eigenvalue weighted by Crippen LogP contribution is -2.29. The largest absolute Gasteiger partial charge is 0.364 e. The first kappa shape index (κ1) is 8.29. The lowest BCUT2D eigenvalue weighted by molar-refractivity contribution is 0.715. The number of aryl methyl sites for hydroxylation is 2. The molecule has 70 valence electrons. The molecule has 0 radical (unpaired) electrons. The Kier molecular flexibility index (Phi) is 1.83. The SMILES string of the molecule is Cc1cc(C2=NCC(C)N2)n(C)n1. The summed E-state index contributed by atoms with van der Waals surface area (Å²) < 4.78 is 1.86. The lowest BCUT2D eigenvalue weighted by atomic mass is 10.3. The number of hydrogen-bond acceptors (Lipinski definition) is 3. The summed E-state index contributed by atoms with van der Waals surface area (Å²) in [6.07, 6.45) is 0. The third-order valence-corrected chi connectivity index (χ3v) is 2.15. The molecule has 1 aromatic rings. The van der Waals surface area contributed by atoms with Crippen LogP contribution in [-0.2, 0) is 7.05 Å². The van der Waals surface area contributed by atoms with E-state index >= 15 is 0 Å². The summed E-state index contributed by atoms with van der Waals surface area (Å²) >= 11 is 0. The summed E-state index contributed by atoms with van der Waals surface area (Å²) in [5.41, 5.74) is 2.10. The van der Waals surface area contributed by atoms with Crippen molar-refractivity contribution in [3.05, 3.63) is 17.5 Å². The van der Waals surface area contributed by atoms with Crippen molar-refractivity contribution in [2.45, 2.75) is 19.9 Å². The minimum atomic E-state index is 0.449. The zero-order valence-corrected chi connectivity index (χ0v) is 8.20. The fourth-order valence-corrected chi connectivity index (χ4v) is 1.54. The fraction of sp³-hybridized carbons (Fsp3) is 0.556. The van der Waals surface area contributed by atoms with E-state index in [9.17, 15) is 0 Å². The van der Waals surface area contributed by atoms with Crippen LogP contribution in [0.1, 0.15) is 18.3 Å². The molecule has 0 bridgehead atoms. The molecule has 0 aromatic carbocycles. The smallest absolute Gasteiger partial charge is 0.147 e. The predicted octanol–water partition coefficient (Wildman–Crippen LogP) is 0.467. The number of aromatic nitrogens is 2. The Labute approximate surface area is 77.7 Å². The Hall–Kier alpha value is -1.32. The van der Waals surface area contributed by atoms with Crippen LogP contribution >= 0.6 is 0 Å². The molecule has 0 fully saturated rings. The van der Waals surface area contributed by atoms with E-state index in [2.05, 4.69) is 22.3 Å². The molecular formula is C9H14N4. The van der Waals surface area contributed by atoms with Gasteiger partial charge in [-0.2, -0.15) is 5.10 Å². The molecule has 0 spiro atoms.